The molecule has 0 aliphatic carbocycles. The van der Waals surface area contributed by atoms with E-state index in [1.54, 1.807) is 7.05 Å². The normalized spacial score (nSPS) is 10.7. The Morgan fingerprint density at radius 3 is 2.17 bits per heavy atom. The van der Waals surface area contributed by atoms with Gasteiger partial charge < -0.3 is 20.3 Å². The first-order valence-electron chi connectivity index (χ1n) is 9.58. The first kappa shape index (κ1) is 24.7. The molecule has 6 nitrogen and oxygen atoms in total. The molecule has 0 saturated heterocycles. The van der Waals surface area contributed by atoms with E-state index in [2.05, 4.69) is 32.7 Å². The molecule has 2 aromatic rings. The number of hydrogen-bond acceptors (Lipinski definition) is 3. The molecule has 0 fully saturated rings. The lowest BCUT2D eigenvalue weighted by Crippen LogP contribution is -2.38. The molecule has 0 heterocycles. The third-order valence-electron chi connectivity index (χ3n) is 4.23. The molecule has 158 valence electrons. The van der Waals surface area contributed by atoms with Crippen molar-refractivity contribution in [2.75, 3.05) is 27.2 Å². The highest BCUT2D eigenvalue weighted by atomic mass is 127. The van der Waals surface area contributed by atoms with Gasteiger partial charge >= 0.3 is 0 Å². The number of nitrogens with one attached hydrogen (secondary N) is 2. The van der Waals surface area contributed by atoms with Gasteiger partial charge in [-0.25, -0.2) is 0 Å². The van der Waals surface area contributed by atoms with Crippen molar-refractivity contribution < 1.29 is 9.53 Å². The van der Waals surface area contributed by atoms with Crippen molar-refractivity contribution in [1.29, 1.82) is 0 Å². The molecular weight excluding hydrogens is 479 g/mol. The average Bonchev–Trinajstić information content (AvgIpc) is 2.71. The van der Waals surface area contributed by atoms with Crippen LogP contribution in [-0.2, 0) is 13.1 Å². The summed E-state index contributed by atoms with van der Waals surface area (Å²) in [6.07, 6.45) is 0. The first-order chi connectivity index (χ1) is 13.6. The number of nitrogens with zero attached hydrogens (tertiary/aromatic N) is 2. The van der Waals surface area contributed by atoms with Gasteiger partial charge in [0.05, 0.1) is 6.61 Å². The third-order valence-corrected chi connectivity index (χ3v) is 4.23. The maximum Gasteiger partial charge on any atom is 0.251 e. The van der Waals surface area contributed by atoms with E-state index < -0.39 is 0 Å². The molecule has 7 heteroatoms. The molecule has 0 saturated carbocycles. The Morgan fingerprint density at radius 1 is 1.00 bits per heavy atom. The van der Waals surface area contributed by atoms with E-state index in [0.29, 0.717) is 25.3 Å². The number of rotatable bonds is 8. The topological polar surface area (TPSA) is 66.0 Å². The molecule has 2 aromatic carbocycles. The zero-order valence-corrected chi connectivity index (χ0v) is 19.9. The van der Waals surface area contributed by atoms with Crippen molar-refractivity contribution in [2.45, 2.75) is 26.9 Å². The minimum Gasteiger partial charge on any atom is -0.494 e. The second-order valence-electron chi connectivity index (χ2n) is 6.39. The van der Waals surface area contributed by atoms with Gasteiger partial charge in [-0.15, -0.1) is 24.0 Å². The number of hydrogen-bond donors (Lipinski definition) is 2. The molecule has 0 radical (unpaired) electrons. The first-order valence-corrected chi connectivity index (χ1v) is 9.58. The van der Waals surface area contributed by atoms with Crippen LogP contribution in [0.25, 0.3) is 0 Å². The lowest BCUT2D eigenvalue weighted by atomic mass is 10.1. The number of carbonyl (C=O) groups is 1. The van der Waals surface area contributed by atoms with Crippen molar-refractivity contribution in [2.24, 2.45) is 4.99 Å². The highest BCUT2D eigenvalue weighted by Crippen LogP contribution is 2.13. The maximum absolute atomic E-state index is 11.8. The molecular formula is C22H31IN4O2. The summed E-state index contributed by atoms with van der Waals surface area (Å²) in [4.78, 5) is 18.3. The summed E-state index contributed by atoms with van der Waals surface area (Å²) in [5.74, 6) is 1.64. The Kier molecular flexibility index (Phi) is 11.1. The van der Waals surface area contributed by atoms with Gasteiger partial charge in [-0.05, 0) is 49.2 Å². The van der Waals surface area contributed by atoms with Crippen molar-refractivity contribution in [3.05, 3.63) is 65.2 Å². The zero-order valence-electron chi connectivity index (χ0n) is 17.6. The van der Waals surface area contributed by atoms with Crippen LogP contribution >= 0.6 is 24.0 Å². The number of aliphatic imine (C=N–C) groups is 1. The summed E-state index contributed by atoms with van der Waals surface area (Å²) in [6.45, 7) is 6.55. The zero-order chi connectivity index (χ0) is 20.4. The SMILES string of the molecule is CCNC(=O)c1ccc(CNC(=NC)N(C)Cc2ccc(OCC)cc2)cc1.I. The van der Waals surface area contributed by atoms with Crippen LogP contribution in [0.5, 0.6) is 5.75 Å². The highest BCUT2D eigenvalue weighted by molar-refractivity contribution is 14.0. The molecule has 0 aliphatic rings. The molecule has 2 rings (SSSR count). The van der Waals surface area contributed by atoms with Crippen LogP contribution in [0.1, 0.15) is 35.3 Å². The second-order valence-corrected chi connectivity index (χ2v) is 6.39. The van der Waals surface area contributed by atoms with Crippen LogP contribution in [0.15, 0.2) is 53.5 Å². The Labute approximate surface area is 190 Å². The van der Waals surface area contributed by atoms with Gasteiger partial charge in [0, 0.05) is 39.3 Å². The molecule has 0 bridgehead atoms. The molecule has 0 unspecified atom stereocenters. The lowest BCUT2D eigenvalue weighted by molar-refractivity contribution is 0.0956. The largest absolute Gasteiger partial charge is 0.494 e. The van der Waals surface area contributed by atoms with Gasteiger partial charge in [-0.2, -0.15) is 0 Å². The number of carbonyl (C=O) groups excluding carboxylic acids is 1. The fourth-order valence-electron chi connectivity index (χ4n) is 2.81. The lowest BCUT2D eigenvalue weighted by Gasteiger charge is -2.22. The molecule has 0 aromatic heterocycles. The van der Waals surface area contributed by atoms with Crippen LogP contribution in [0.3, 0.4) is 0 Å². The van der Waals surface area contributed by atoms with Gasteiger partial charge in [0.25, 0.3) is 5.91 Å². The van der Waals surface area contributed by atoms with Gasteiger partial charge in [0.2, 0.25) is 0 Å². The summed E-state index contributed by atoms with van der Waals surface area (Å²) in [7, 11) is 3.78. The smallest absolute Gasteiger partial charge is 0.251 e. The Hall–Kier alpha value is -2.29. The quantitative estimate of drug-likeness (QED) is 0.323. The maximum atomic E-state index is 11.8. The predicted molar refractivity (Wildman–Crippen MR) is 129 cm³/mol. The number of amides is 1. The number of benzene rings is 2. The van der Waals surface area contributed by atoms with Crippen LogP contribution in [0, 0.1) is 0 Å². The van der Waals surface area contributed by atoms with Crippen molar-refractivity contribution in [3.8, 4) is 5.75 Å². The fourth-order valence-corrected chi connectivity index (χ4v) is 2.81. The molecule has 0 atom stereocenters. The molecule has 29 heavy (non-hydrogen) atoms. The van der Waals surface area contributed by atoms with E-state index in [9.17, 15) is 4.79 Å². The van der Waals surface area contributed by atoms with E-state index in [-0.39, 0.29) is 29.9 Å². The summed E-state index contributed by atoms with van der Waals surface area (Å²) in [5, 5.41) is 6.16. The van der Waals surface area contributed by atoms with Gasteiger partial charge in [0.1, 0.15) is 5.75 Å². The fraction of sp³-hybridized carbons (Fsp3) is 0.364. The van der Waals surface area contributed by atoms with Crippen molar-refractivity contribution in [1.82, 2.24) is 15.5 Å². The molecule has 2 N–H and O–H groups in total. The number of ether oxygens (including phenoxy) is 1. The van der Waals surface area contributed by atoms with E-state index in [4.69, 9.17) is 4.74 Å². The summed E-state index contributed by atoms with van der Waals surface area (Å²) in [5.41, 5.74) is 2.94. The molecule has 1 amide bonds. The van der Waals surface area contributed by atoms with Crippen LogP contribution in [-0.4, -0.2) is 44.0 Å². The second kappa shape index (κ2) is 13.0. The Balaban J connectivity index is 0.00000420. The summed E-state index contributed by atoms with van der Waals surface area (Å²) < 4.78 is 5.48. The number of halogens is 1. The van der Waals surface area contributed by atoms with Crippen molar-refractivity contribution >= 4 is 35.8 Å². The Bertz CT molecular complexity index is 776. The molecule has 0 aliphatic heterocycles. The van der Waals surface area contributed by atoms with Crippen LogP contribution in [0.2, 0.25) is 0 Å². The minimum atomic E-state index is -0.0482. The number of guanidine groups is 1. The van der Waals surface area contributed by atoms with Gasteiger partial charge in [0.15, 0.2) is 5.96 Å². The standard InChI is InChI=1S/C22H30N4O2.HI/c1-5-24-21(27)19-11-7-17(8-12-19)15-25-22(23-3)26(4)16-18-9-13-20(14-10-18)28-6-2;/h7-14H,5-6,15-16H2,1-4H3,(H,23,25)(H,24,27);1H. The highest BCUT2D eigenvalue weighted by Gasteiger charge is 2.08. The van der Waals surface area contributed by atoms with Gasteiger partial charge in [-0.1, -0.05) is 24.3 Å². The monoisotopic (exact) mass is 510 g/mol. The van der Waals surface area contributed by atoms with E-state index in [1.807, 2.05) is 57.3 Å². The van der Waals surface area contributed by atoms with Crippen molar-refractivity contribution in [3.63, 3.8) is 0 Å². The van der Waals surface area contributed by atoms with Gasteiger partial charge in [-0.3, -0.25) is 9.79 Å². The van der Waals surface area contributed by atoms with E-state index in [1.165, 1.54) is 5.56 Å². The van der Waals surface area contributed by atoms with E-state index in [0.717, 1.165) is 23.8 Å². The summed E-state index contributed by atoms with van der Waals surface area (Å²) in [6, 6.07) is 15.7. The van der Waals surface area contributed by atoms with Crippen LogP contribution in [0.4, 0.5) is 0 Å². The summed E-state index contributed by atoms with van der Waals surface area (Å²) >= 11 is 0. The third kappa shape index (κ3) is 7.92. The van der Waals surface area contributed by atoms with E-state index >= 15 is 0 Å². The molecule has 0 spiro atoms. The predicted octanol–water partition coefficient (Wildman–Crippen LogP) is 3.66. The minimum absolute atomic E-state index is 0. The van der Waals surface area contributed by atoms with Crippen LogP contribution < -0.4 is 15.4 Å². The Morgan fingerprint density at radius 2 is 1.62 bits per heavy atom. The average molecular weight is 510 g/mol.